The largest absolute Gasteiger partial charge is 0.411 e. The van der Waals surface area contributed by atoms with Crippen LogP contribution in [0, 0.1) is 58.2 Å². The fourth-order valence-corrected chi connectivity index (χ4v) is 9.82. The molecule has 3 nitrogen and oxygen atoms in total. The molecule has 10 atom stereocenters. The molecule has 0 heterocycles. The molecule has 4 aliphatic carbocycles. The fourth-order valence-electron chi connectivity index (χ4n) is 9.82. The first-order chi connectivity index (χ1) is 15.2. The summed E-state index contributed by atoms with van der Waals surface area (Å²) in [5.74, 6) is 5.81. The third-order valence-corrected chi connectivity index (χ3v) is 11.8. The standard InChI is InChI=1S/C29H51NO2/c1-7-20(18(2)3)9-8-19(4)23-10-11-24-22-17-27(30-32)26-16-21(31)12-14-29(26,6)25(22)13-15-28(23,24)5/h18-26,31-32H,7-17H2,1-6H3/t19-,20-,21?,22+,23-,24+,25+,26?,28-,29-/m1/s1. The van der Waals surface area contributed by atoms with Gasteiger partial charge in [0.1, 0.15) is 0 Å². The molecule has 4 fully saturated rings. The van der Waals surface area contributed by atoms with Crippen molar-refractivity contribution in [3.8, 4) is 0 Å². The van der Waals surface area contributed by atoms with E-state index in [0.29, 0.717) is 11.3 Å². The highest BCUT2D eigenvalue weighted by atomic mass is 16.4. The van der Waals surface area contributed by atoms with E-state index < -0.39 is 0 Å². The summed E-state index contributed by atoms with van der Waals surface area (Å²) < 4.78 is 0. The number of nitrogens with zero attached hydrogens (tertiary/aromatic N) is 1. The zero-order chi connectivity index (χ0) is 23.3. The van der Waals surface area contributed by atoms with Gasteiger partial charge in [0.25, 0.3) is 0 Å². The molecule has 4 aliphatic rings. The van der Waals surface area contributed by atoms with Crippen LogP contribution in [0.15, 0.2) is 5.16 Å². The van der Waals surface area contributed by atoms with E-state index in [4.69, 9.17) is 0 Å². The van der Waals surface area contributed by atoms with E-state index in [9.17, 15) is 10.3 Å². The van der Waals surface area contributed by atoms with Crippen LogP contribution in [0.5, 0.6) is 0 Å². The van der Waals surface area contributed by atoms with Gasteiger partial charge in [0.15, 0.2) is 0 Å². The third-order valence-electron chi connectivity index (χ3n) is 11.8. The minimum absolute atomic E-state index is 0.209. The van der Waals surface area contributed by atoms with Crippen molar-refractivity contribution in [1.82, 2.24) is 0 Å². The van der Waals surface area contributed by atoms with Crippen LogP contribution < -0.4 is 0 Å². The lowest BCUT2D eigenvalue weighted by molar-refractivity contribution is -0.0947. The third kappa shape index (κ3) is 3.97. The minimum Gasteiger partial charge on any atom is -0.411 e. The van der Waals surface area contributed by atoms with Crippen LogP contribution in [0.1, 0.15) is 112 Å². The number of hydrogen-bond donors (Lipinski definition) is 2. The van der Waals surface area contributed by atoms with Gasteiger partial charge >= 0.3 is 0 Å². The number of fused-ring (bicyclic) bond motifs is 5. The predicted octanol–water partition coefficient (Wildman–Crippen LogP) is 7.54. The van der Waals surface area contributed by atoms with Crippen molar-refractivity contribution in [2.45, 2.75) is 118 Å². The van der Waals surface area contributed by atoms with Crippen LogP contribution in [-0.2, 0) is 0 Å². The highest BCUT2D eigenvalue weighted by molar-refractivity contribution is 5.88. The second-order valence-electron chi connectivity index (χ2n) is 13.4. The highest BCUT2D eigenvalue weighted by Gasteiger charge is 2.62. The smallest absolute Gasteiger partial charge is 0.0611 e. The second kappa shape index (κ2) is 9.23. The monoisotopic (exact) mass is 445 g/mol. The molecule has 4 rings (SSSR count). The molecular formula is C29H51NO2. The number of aliphatic hydroxyl groups is 1. The molecule has 0 amide bonds. The van der Waals surface area contributed by atoms with Crippen LogP contribution in [0.3, 0.4) is 0 Å². The molecule has 3 heteroatoms. The van der Waals surface area contributed by atoms with Crippen molar-refractivity contribution in [3.05, 3.63) is 0 Å². The quantitative estimate of drug-likeness (QED) is 0.327. The van der Waals surface area contributed by atoms with Crippen molar-refractivity contribution in [2.24, 2.45) is 63.3 Å². The first kappa shape index (κ1) is 24.6. The lowest BCUT2D eigenvalue weighted by Gasteiger charge is -2.61. The normalized spacial score (nSPS) is 47.1. The molecule has 0 spiro atoms. The van der Waals surface area contributed by atoms with E-state index in [1.165, 1.54) is 44.9 Å². The van der Waals surface area contributed by atoms with Crippen molar-refractivity contribution >= 4 is 5.71 Å². The molecule has 32 heavy (non-hydrogen) atoms. The minimum atomic E-state index is -0.218. The number of oxime groups is 1. The van der Waals surface area contributed by atoms with Gasteiger partial charge in [-0.15, -0.1) is 0 Å². The molecular weight excluding hydrogens is 394 g/mol. The van der Waals surface area contributed by atoms with Crippen LogP contribution in [0.25, 0.3) is 0 Å². The average molecular weight is 446 g/mol. The molecule has 0 aliphatic heterocycles. The summed E-state index contributed by atoms with van der Waals surface area (Å²) in [7, 11) is 0. The molecule has 2 unspecified atom stereocenters. The van der Waals surface area contributed by atoms with Crippen molar-refractivity contribution in [3.63, 3.8) is 0 Å². The summed E-state index contributed by atoms with van der Waals surface area (Å²) in [5, 5.41) is 24.2. The highest BCUT2D eigenvalue weighted by Crippen LogP contribution is 2.68. The van der Waals surface area contributed by atoms with Gasteiger partial charge in [0.2, 0.25) is 0 Å². The molecule has 0 aromatic heterocycles. The zero-order valence-corrected chi connectivity index (χ0v) is 21.8. The van der Waals surface area contributed by atoms with E-state index in [-0.39, 0.29) is 17.4 Å². The maximum Gasteiger partial charge on any atom is 0.0611 e. The van der Waals surface area contributed by atoms with E-state index in [1.54, 1.807) is 0 Å². The molecule has 0 aromatic rings. The van der Waals surface area contributed by atoms with Crippen LogP contribution in [0.2, 0.25) is 0 Å². The van der Waals surface area contributed by atoms with E-state index >= 15 is 0 Å². The van der Waals surface area contributed by atoms with E-state index in [1.807, 2.05) is 0 Å². The van der Waals surface area contributed by atoms with Gasteiger partial charge in [-0.2, -0.15) is 0 Å². The summed E-state index contributed by atoms with van der Waals surface area (Å²) in [4.78, 5) is 0. The Morgan fingerprint density at radius 3 is 2.31 bits per heavy atom. The van der Waals surface area contributed by atoms with Gasteiger partial charge in [0, 0.05) is 5.92 Å². The summed E-state index contributed by atoms with van der Waals surface area (Å²) in [6, 6.07) is 0. The number of aliphatic hydroxyl groups excluding tert-OH is 1. The Bertz CT molecular complexity index is 689. The summed E-state index contributed by atoms with van der Waals surface area (Å²) in [6.45, 7) is 14.8. The maximum atomic E-state index is 10.4. The number of hydrogen-bond acceptors (Lipinski definition) is 3. The SMILES string of the molecule is CC[C@H](CC[C@@H](C)[C@H]1CC[C@H]2[C@@H]3CC(=NO)C4CC(O)CC[C@]4(C)[C@H]3CC[C@]12C)C(C)C. The van der Waals surface area contributed by atoms with Crippen molar-refractivity contribution < 1.29 is 10.3 Å². The Kier molecular flexibility index (Phi) is 7.08. The first-order valence-corrected chi connectivity index (χ1v) is 14.0. The molecule has 0 saturated heterocycles. The van der Waals surface area contributed by atoms with Crippen LogP contribution in [0.4, 0.5) is 0 Å². The predicted molar refractivity (Wildman–Crippen MR) is 133 cm³/mol. The molecule has 0 radical (unpaired) electrons. The van der Waals surface area contributed by atoms with Gasteiger partial charge in [-0.1, -0.05) is 59.5 Å². The zero-order valence-electron chi connectivity index (χ0n) is 21.8. The van der Waals surface area contributed by atoms with Crippen molar-refractivity contribution in [2.75, 3.05) is 0 Å². The van der Waals surface area contributed by atoms with E-state index in [2.05, 4.69) is 46.7 Å². The van der Waals surface area contributed by atoms with Crippen LogP contribution >= 0.6 is 0 Å². The molecule has 4 saturated carbocycles. The molecule has 0 bridgehead atoms. The van der Waals surface area contributed by atoms with Gasteiger partial charge in [-0.3, -0.25) is 0 Å². The summed E-state index contributed by atoms with van der Waals surface area (Å²) >= 11 is 0. The van der Waals surface area contributed by atoms with Crippen molar-refractivity contribution in [1.29, 1.82) is 0 Å². The Morgan fingerprint density at radius 2 is 1.66 bits per heavy atom. The van der Waals surface area contributed by atoms with Gasteiger partial charge in [0.05, 0.1) is 11.8 Å². The first-order valence-electron chi connectivity index (χ1n) is 14.0. The Morgan fingerprint density at radius 1 is 0.969 bits per heavy atom. The van der Waals surface area contributed by atoms with E-state index in [0.717, 1.165) is 66.9 Å². The Hall–Kier alpha value is -0.570. The summed E-state index contributed by atoms with van der Waals surface area (Å²) in [5.41, 5.74) is 1.68. The van der Waals surface area contributed by atoms with Crippen LogP contribution in [-0.4, -0.2) is 22.1 Å². The van der Waals surface area contributed by atoms with Gasteiger partial charge < -0.3 is 10.3 Å². The number of rotatable bonds is 6. The molecule has 0 aromatic carbocycles. The fraction of sp³-hybridized carbons (Fsp3) is 0.966. The summed E-state index contributed by atoms with van der Waals surface area (Å²) in [6.07, 6.45) is 13.2. The topological polar surface area (TPSA) is 52.8 Å². The van der Waals surface area contributed by atoms with Gasteiger partial charge in [-0.25, -0.2) is 0 Å². The lowest BCUT2D eigenvalue weighted by Crippen LogP contribution is -2.57. The lowest BCUT2D eigenvalue weighted by atomic mass is 9.44. The Balaban J connectivity index is 1.51. The Labute approximate surface area is 197 Å². The second-order valence-corrected chi connectivity index (χ2v) is 13.4. The maximum absolute atomic E-state index is 10.4. The average Bonchev–Trinajstić information content (AvgIpc) is 3.11. The molecule has 184 valence electrons. The van der Waals surface area contributed by atoms with Gasteiger partial charge in [-0.05, 0) is 110 Å². The molecule has 2 N–H and O–H groups in total.